The van der Waals surface area contributed by atoms with Crippen LogP contribution in [0.2, 0.25) is 0 Å². The van der Waals surface area contributed by atoms with Gasteiger partial charge in [-0.2, -0.15) is 0 Å². The van der Waals surface area contributed by atoms with Gasteiger partial charge in [-0.15, -0.1) is 23.5 Å². The van der Waals surface area contributed by atoms with E-state index in [0.29, 0.717) is 32.1 Å². The van der Waals surface area contributed by atoms with Gasteiger partial charge in [0.05, 0.1) is 31.3 Å². The van der Waals surface area contributed by atoms with Crippen molar-refractivity contribution in [1.82, 2.24) is 4.90 Å². The van der Waals surface area contributed by atoms with Crippen LogP contribution in [0.15, 0.2) is 30.3 Å². The molecule has 0 bridgehead atoms. The molecule has 0 unspecified atom stereocenters. The summed E-state index contributed by atoms with van der Waals surface area (Å²) in [5, 5.41) is 9.14. The topological polar surface area (TPSA) is 102 Å². The third-order valence-corrected chi connectivity index (χ3v) is 11.4. The molecule has 1 aliphatic carbocycles. The maximum atomic E-state index is 13.9. The molecule has 0 aromatic heterocycles. The number of aliphatic hydroxyl groups is 1. The molecular formula is C35H55NO7S3. The molecule has 1 saturated heterocycles. The van der Waals surface area contributed by atoms with E-state index >= 15 is 0 Å². The average Bonchev–Trinajstić information content (AvgIpc) is 2.98. The van der Waals surface area contributed by atoms with Crippen molar-refractivity contribution in [2.45, 2.75) is 105 Å². The van der Waals surface area contributed by atoms with Crippen molar-refractivity contribution in [3.05, 3.63) is 35.9 Å². The first-order valence-corrected chi connectivity index (χ1v) is 18.5. The first-order chi connectivity index (χ1) is 21.5. The number of ether oxygens (including phenoxy) is 3. The molecule has 2 atom stereocenters. The molecule has 11 heteroatoms. The number of aliphatic hydroxyl groups excluding tert-OH is 1. The van der Waals surface area contributed by atoms with Crippen LogP contribution in [-0.4, -0.2) is 92.9 Å². The minimum Gasteiger partial charge on any atom is -0.453 e. The Labute approximate surface area is 290 Å². The zero-order valence-electron chi connectivity index (χ0n) is 29.1. The molecule has 2 fully saturated rings. The lowest BCUT2D eigenvalue weighted by atomic mass is 9.47. The predicted octanol–water partition coefficient (Wildman–Crippen LogP) is 6.35. The number of thioether (sulfide) groups is 2. The minimum atomic E-state index is -0.703. The van der Waals surface area contributed by atoms with Crippen LogP contribution in [-0.2, 0) is 35.0 Å². The number of carbonyl (C=O) groups is 3. The molecule has 260 valence electrons. The molecule has 1 aromatic carbocycles. The van der Waals surface area contributed by atoms with E-state index < -0.39 is 23.6 Å². The molecule has 1 aromatic rings. The summed E-state index contributed by atoms with van der Waals surface area (Å²) in [5.74, 6) is 0.145. The van der Waals surface area contributed by atoms with Crippen molar-refractivity contribution >= 4 is 56.9 Å². The number of rotatable bonds is 13. The van der Waals surface area contributed by atoms with Gasteiger partial charge in [0.2, 0.25) is 5.91 Å². The normalized spacial score (nSPS) is 22.7. The van der Waals surface area contributed by atoms with Crippen molar-refractivity contribution in [3.63, 3.8) is 0 Å². The lowest BCUT2D eigenvalue weighted by Crippen LogP contribution is -2.65. The van der Waals surface area contributed by atoms with Crippen LogP contribution in [0.25, 0.3) is 0 Å². The predicted molar refractivity (Wildman–Crippen MR) is 192 cm³/mol. The summed E-state index contributed by atoms with van der Waals surface area (Å²) in [7, 11) is 0. The van der Waals surface area contributed by atoms with E-state index in [1.54, 1.807) is 39.5 Å². The number of benzene rings is 1. The Morgan fingerprint density at radius 1 is 1.02 bits per heavy atom. The van der Waals surface area contributed by atoms with Gasteiger partial charge in [0.1, 0.15) is 3.53 Å². The Balaban J connectivity index is 0.000000392. The summed E-state index contributed by atoms with van der Waals surface area (Å²) in [6, 6.07) is 10.6. The van der Waals surface area contributed by atoms with Crippen LogP contribution < -0.4 is 0 Å². The van der Waals surface area contributed by atoms with Gasteiger partial charge >= 0.3 is 5.97 Å². The number of carbonyl (C=O) groups excluding carboxylic acids is 3. The van der Waals surface area contributed by atoms with Gasteiger partial charge in [-0.25, -0.2) is 4.79 Å². The minimum absolute atomic E-state index is 0.0429. The van der Waals surface area contributed by atoms with Crippen LogP contribution in [0.3, 0.4) is 0 Å². The lowest BCUT2D eigenvalue weighted by molar-refractivity contribution is -0.167. The van der Waals surface area contributed by atoms with Crippen molar-refractivity contribution in [2.24, 2.45) is 16.7 Å². The van der Waals surface area contributed by atoms with Crippen molar-refractivity contribution in [1.29, 1.82) is 0 Å². The number of thiocarbonyl (C=S) groups is 1. The van der Waals surface area contributed by atoms with Gasteiger partial charge < -0.3 is 24.2 Å². The smallest absolute Gasteiger partial charge is 0.335 e. The highest BCUT2D eigenvalue weighted by atomic mass is 32.2. The first kappa shape index (κ1) is 40.7. The number of Topliss-reactive ketones (excluding diaryl/α,β-unsaturated/α-hetero) is 1. The van der Waals surface area contributed by atoms with Gasteiger partial charge in [0.15, 0.2) is 18.0 Å². The van der Waals surface area contributed by atoms with E-state index in [0.717, 1.165) is 22.8 Å². The third-order valence-electron chi connectivity index (χ3n) is 8.51. The number of nitrogens with zero attached hydrogens (tertiary/aromatic N) is 1. The molecule has 46 heavy (non-hydrogen) atoms. The van der Waals surface area contributed by atoms with Gasteiger partial charge in [-0.1, -0.05) is 63.3 Å². The molecule has 1 N–H and O–H groups in total. The highest BCUT2D eigenvalue weighted by Crippen LogP contribution is 2.65. The van der Waals surface area contributed by atoms with Crippen LogP contribution in [0.1, 0.15) is 80.7 Å². The Morgan fingerprint density at radius 3 is 2.13 bits per heavy atom. The fraction of sp³-hybridized carbons (Fsp3) is 0.714. The van der Waals surface area contributed by atoms with Crippen LogP contribution in [0.4, 0.5) is 0 Å². The maximum absolute atomic E-state index is 13.9. The van der Waals surface area contributed by atoms with E-state index in [1.165, 1.54) is 17.3 Å². The van der Waals surface area contributed by atoms with Crippen LogP contribution in [0.5, 0.6) is 0 Å². The Kier molecular flexibility index (Phi) is 16.2. The average molecular weight is 698 g/mol. The molecular weight excluding hydrogens is 643 g/mol. The van der Waals surface area contributed by atoms with E-state index in [9.17, 15) is 14.4 Å². The Hall–Kier alpha value is -1.50. The Morgan fingerprint density at radius 2 is 1.61 bits per heavy atom. The SMILES string of the molecule is CC(C)O[C@H](C)C(=O)O[C@H](C)C(=O)C(C)C.CC1(Cc2ccccc2)CC(C(=O)N2CCOCC2)(C(C)(C)SC(=S)SCCO)C1. The summed E-state index contributed by atoms with van der Waals surface area (Å²) in [4.78, 5) is 38.9. The highest BCUT2D eigenvalue weighted by molar-refractivity contribution is 8.47. The molecule has 1 amide bonds. The summed E-state index contributed by atoms with van der Waals surface area (Å²) in [6.07, 6.45) is 1.32. The van der Waals surface area contributed by atoms with Crippen molar-refractivity contribution in [2.75, 3.05) is 38.7 Å². The fourth-order valence-corrected chi connectivity index (χ4v) is 9.34. The van der Waals surface area contributed by atoms with E-state index in [-0.39, 0.29) is 40.5 Å². The second-order valence-electron chi connectivity index (χ2n) is 13.7. The van der Waals surface area contributed by atoms with E-state index in [4.69, 9.17) is 31.5 Å². The summed E-state index contributed by atoms with van der Waals surface area (Å²) in [5.41, 5.74) is 0.982. The second-order valence-corrected chi connectivity index (χ2v) is 17.6. The maximum Gasteiger partial charge on any atom is 0.335 e. The molecule has 1 saturated carbocycles. The lowest BCUT2D eigenvalue weighted by Gasteiger charge is -2.61. The molecule has 3 rings (SSSR count). The molecule has 0 spiro atoms. The quantitative estimate of drug-likeness (QED) is 0.185. The standard InChI is InChI=1S/C23H33NO3S3.C12H22O4/c1-21(2,30-20(28)29-14-11-25)23(19(26)24-9-12-27-13-10-24)16-22(3,17-23)15-18-7-5-4-6-8-18;1-7(2)11(13)9(5)16-12(14)10(6)15-8(3)4/h4-8,25H,9-17H2,1-3H3;7-10H,1-6H3/t;9-,10-/m.1/s1. The fourth-order valence-electron chi connectivity index (χ4n) is 6.25. The number of morpholine rings is 1. The van der Waals surface area contributed by atoms with Gasteiger partial charge in [0.25, 0.3) is 0 Å². The molecule has 0 radical (unpaired) electrons. The van der Waals surface area contributed by atoms with E-state index in [1.807, 2.05) is 24.8 Å². The number of amides is 1. The Bertz CT molecular complexity index is 1150. The molecule has 8 nitrogen and oxygen atoms in total. The molecule has 1 aliphatic heterocycles. The molecule has 1 heterocycles. The van der Waals surface area contributed by atoms with Crippen LogP contribution in [0, 0.1) is 16.7 Å². The number of esters is 1. The number of ketones is 1. The summed E-state index contributed by atoms with van der Waals surface area (Å²) in [6.45, 7) is 19.8. The third kappa shape index (κ3) is 11.6. The van der Waals surface area contributed by atoms with Gasteiger partial charge in [-0.05, 0) is 71.8 Å². The summed E-state index contributed by atoms with van der Waals surface area (Å²) >= 11 is 8.72. The zero-order chi connectivity index (χ0) is 34.7. The first-order valence-electron chi connectivity index (χ1n) is 16.2. The van der Waals surface area contributed by atoms with Crippen LogP contribution >= 0.6 is 35.7 Å². The summed E-state index contributed by atoms with van der Waals surface area (Å²) < 4.78 is 16.3. The number of hydrogen-bond donors (Lipinski definition) is 1. The number of hydrogen-bond acceptors (Lipinski definition) is 10. The van der Waals surface area contributed by atoms with E-state index in [2.05, 4.69) is 45.0 Å². The second kappa shape index (κ2) is 18.3. The zero-order valence-corrected chi connectivity index (χ0v) is 31.6. The van der Waals surface area contributed by atoms with Crippen molar-refractivity contribution < 1.29 is 33.7 Å². The monoisotopic (exact) mass is 697 g/mol. The molecule has 2 aliphatic rings. The van der Waals surface area contributed by atoms with Gasteiger partial charge in [0, 0.05) is 29.5 Å². The van der Waals surface area contributed by atoms with Gasteiger partial charge in [-0.3, -0.25) is 9.59 Å². The highest BCUT2D eigenvalue weighted by Gasteiger charge is 2.64. The van der Waals surface area contributed by atoms with Crippen molar-refractivity contribution in [3.8, 4) is 0 Å². The largest absolute Gasteiger partial charge is 0.453 e.